The quantitative estimate of drug-likeness (QED) is 0.659. The molecule has 2 aromatic carbocycles. The van der Waals surface area contributed by atoms with E-state index in [4.69, 9.17) is 16.3 Å². The van der Waals surface area contributed by atoms with Gasteiger partial charge in [-0.15, -0.1) is 0 Å². The van der Waals surface area contributed by atoms with Gasteiger partial charge in [0.15, 0.2) is 0 Å². The molecule has 0 unspecified atom stereocenters. The van der Waals surface area contributed by atoms with Gasteiger partial charge in [0.2, 0.25) is 0 Å². The van der Waals surface area contributed by atoms with Gasteiger partial charge in [-0.1, -0.05) is 29.8 Å². The number of halogens is 2. The first-order chi connectivity index (χ1) is 13.7. The summed E-state index contributed by atoms with van der Waals surface area (Å²) in [6.07, 6.45) is 4.57. The molecule has 2 heterocycles. The number of ether oxygens (including phenoxy) is 1. The average Bonchev–Trinajstić information content (AvgIpc) is 3.37. The van der Waals surface area contributed by atoms with E-state index in [9.17, 15) is 9.50 Å². The molecule has 0 aliphatic carbocycles. The molecule has 1 aliphatic rings. The van der Waals surface area contributed by atoms with Crippen molar-refractivity contribution in [2.45, 2.75) is 25.1 Å². The van der Waals surface area contributed by atoms with Crippen LogP contribution in [0, 0.1) is 5.82 Å². The molecule has 1 fully saturated rings. The van der Waals surface area contributed by atoms with E-state index in [0.717, 1.165) is 24.4 Å². The van der Waals surface area contributed by atoms with Crippen LogP contribution in [-0.2, 0) is 6.61 Å². The SMILES string of the molecule is OC[C@@H]1C[C@@H](n2ccnc2-c2cccc(OCc3c(F)cccc3Cl)c2)CN1. The number of imidazole rings is 1. The topological polar surface area (TPSA) is 59.3 Å². The number of nitrogens with zero attached hydrogens (tertiary/aromatic N) is 2. The van der Waals surface area contributed by atoms with Crippen LogP contribution >= 0.6 is 11.6 Å². The van der Waals surface area contributed by atoms with Crippen molar-refractivity contribution in [2.75, 3.05) is 13.2 Å². The predicted octanol–water partition coefficient (Wildman–Crippen LogP) is 3.82. The molecule has 146 valence electrons. The second kappa shape index (κ2) is 8.31. The highest BCUT2D eigenvalue weighted by molar-refractivity contribution is 6.31. The minimum Gasteiger partial charge on any atom is -0.489 e. The van der Waals surface area contributed by atoms with Crippen molar-refractivity contribution >= 4 is 11.6 Å². The maximum absolute atomic E-state index is 13.9. The number of rotatable bonds is 6. The number of hydrogen-bond donors (Lipinski definition) is 2. The number of aliphatic hydroxyl groups excluding tert-OH is 1. The Kier molecular flexibility index (Phi) is 5.62. The number of hydrogen-bond acceptors (Lipinski definition) is 4. The summed E-state index contributed by atoms with van der Waals surface area (Å²) >= 11 is 6.07. The van der Waals surface area contributed by atoms with Crippen LogP contribution in [0.4, 0.5) is 4.39 Å². The smallest absolute Gasteiger partial charge is 0.140 e. The molecule has 0 amide bonds. The summed E-state index contributed by atoms with van der Waals surface area (Å²) in [6.45, 7) is 0.965. The van der Waals surface area contributed by atoms with E-state index in [2.05, 4.69) is 14.9 Å². The lowest BCUT2D eigenvalue weighted by molar-refractivity contribution is 0.253. The molecule has 1 aromatic heterocycles. The van der Waals surface area contributed by atoms with Gasteiger partial charge in [0.25, 0.3) is 0 Å². The highest BCUT2D eigenvalue weighted by Crippen LogP contribution is 2.29. The molecule has 0 radical (unpaired) electrons. The second-order valence-corrected chi connectivity index (χ2v) is 7.26. The highest BCUT2D eigenvalue weighted by Gasteiger charge is 2.26. The summed E-state index contributed by atoms with van der Waals surface area (Å²) in [6, 6.07) is 12.5. The monoisotopic (exact) mass is 401 g/mol. The van der Waals surface area contributed by atoms with Crippen LogP contribution in [0.3, 0.4) is 0 Å². The van der Waals surface area contributed by atoms with Gasteiger partial charge in [-0.3, -0.25) is 0 Å². The van der Waals surface area contributed by atoms with Gasteiger partial charge < -0.3 is 19.7 Å². The van der Waals surface area contributed by atoms with Gasteiger partial charge in [-0.25, -0.2) is 9.37 Å². The molecule has 3 aromatic rings. The van der Waals surface area contributed by atoms with Crippen LogP contribution in [0.5, 0.6) is 5.75 Å². The molecule has 2 N–H and O–H groups in total. The van der Waals surface area contributed by atoms with E-state index >= 15 is 0 Å². The maximum Gasteiger partial charge on any atom is 0.140 e. The maximum atomic E-state index is 13.9. The van der Waals surface area contributed by atoms with Crippen LogP contribution in [-0.4, -0.2) is 33.9 Å². The first-order valence-electron chi connectivity index (χ1n) is 9.19. The molecule has 0 saturated carbocycles. The van der Waals surface area contributed by atoms with E-state index in [0.29, 0.717) is 16.3 Å². The fourth-order valence-electron chi connectivity index (χ4n) is 3.53. The minimum absolute atomic E-state index is 0.0497. The summed E-state index contributed by atoms with van der Waals surface area (Å²) < 4.78 is 21.8. The van der Waals surface area contributed by atoms with E-state index in [1.165, 1.54) is 6.07 Å². The van der Waals surface area contributed by atoms with Crippen LogP contribution < -0.4 is 10.1 Å². The van der Waals surface area contributed by atoms with E-state index < -0.39 is 0 Å². The van der Waals surface area contributed by atoms with Crippen molar-refractivity contribution in [3.63, 3.8) is 0 Å². The number of benzene rings is 2. The molecule has 5 nitrogen and oxygen atoms in total. The minimum atomic E-state index is -0.383. The highest BCUT2D eigenvalue weighted by atomic mass is 35.5. The first kappa shape index (κ1) is 18.9. The van der Waals surface area contributed by atoms with Crippen LogP contribution in [0.25, 0.3) is 11.4 Å². The third-order valence-electron chi connectivity index (χ3n) is 5.02. The Hall–Kier alpha value is -2.41. The Labute approximate surface area is 167 Å². The van der Waals surface area contributed by atoms with E-state index in [1.807, 2.05) is 30.5 Å². The largest absolute Gasteiger partial charge is 0.489 e. The molecule has 0 bridgehead atoms. The number of nitrogens with one attached hydrogen (secondary N) is 1. The Bertz CT molecular complexity index is 942. The van der Waals surface area contributed by atoms with Crippen molar-refractivity contribution in [3.8, 4) is 17.1 Å². The molecule has 28 heavy (non-hydrogen) atoms. The Morgan fingerprint density at radius 2 is 2.14 bits per heavy atom. The van der Waals surface area contributed by atoms with Crippen molar-refractivity contribution in [2.24, 2.45) is 0 Å². The molecular formula is C21H21ClFN3O2. The van der Waals surface area contributed by atoms with E-state index in [1.54, 1.807) is 18.3 Å². The van der Waals surface area contributed by atoms with Crippen molar-refractivity contribution in [1.82, 2.24) is 14.9 Å². The Morgan fingerprint density at radius 1 is 1.29 bits per heavy atom. The third kappa shape index (κ3) is 3.90. The van der Waals surface area contributed by atoms with Crippen molar-refractivity contribution in [3.05, 3.63) is 71.3 Å². The van der Waals surface area contributed by atoms with Crippen molar-refractivity contribution < 1.29 is 14.2 Å². The predicted molar refractivity (Wildman–Crippen MR) is 106 cm³/mol. The van der Waals surface area contributed by atoms with Gasteiger partial charge in [0.1, 0.15) is 24.0 Å². The molecule has 0 spiro atoms. The summed E-state index contributed by atoms with van der Waals surface area (Å²) in [5, 5.41) is 13.0. The summed E-state index contributed by atoms with van der Waals surface area (Å²) in [4.78, 5) is 4.51. The average molecular weight is 402 g/mol. The molecule has 1 saturated heterocycles. The lowest BCUT2D eigenvalue weighted by Gasteiger charge is -2.15. The molecular weight excluding hydrogens is 381 g/mol. The Balaban J connectivity index is 1.53. The second-order valence-electron chi connectivity index (χ2n) is 6.85. The van der Waals surface area contributed by atoms with Gasteiger partial charge in [-0.05, 0) is 30.7 Å². The molecule has 2 atom stereocenters. The van der Waals surface area contributed by atoms with Crippen LogP contribution in [0.1, 0.15) is 18.0 Å². The first-order valence-corrected chi connectivity index (χ1v) is 9.56. The van der Waals surface area contributed by atoms with Gasteiger partial charge in [0.05, 0.1) is 11.6 Å². The fraction of sp³-hybridized carbons (Fsp3) is 0.286. The van der Waals surface area contributed by atoms with Crippen LogP contribution in [0.15, 0.2) is 54.9 Å². The normalized spacial score (nSPS) is 19.1. The zero-order valence-corrected chi connectivity index (χ0v) is 15.9. The molecule has 1 aliphatic heterocycles. The summed E-state index contributed by atoms with van der Waals surface area (Å²) in [5.74, 6) is 1.07. The number of aromatic nitrogens is 2. The Morgan fingerprint density at radius 3 is 2.93 bits per heavy atom. The van der Waals surface area contributed by atoms with Crippen LogP contribution in [0.2, 0.25) is 5.02 Å². The summed E-state index contributed by atoms with van der Waals surface area (Å²) in [5.41, 5.74) is 1.25. The fourth-order valence-corrected chi connectivity index (χ4v) is 3.75. The van der Waals surface area contributed by atoms with Gasteiger partial charge in [-0.2, -0.15) is 0 Å². The zero-order valence-electron chi connectivity index (χ0n) is 15.2. The number of aliphatic hydroxyl groups is 1. The molecule has 4 rings (SSSR count). The van der Waals surface area contributed by atoms with E-state index in [-0.39, 0.29) is 31.1 Å². The third-order valence-corrected chi connectivity index (χ3v) is 5.37. The zero-order chi connectivity index (χ0) is 19.5. The summed E-state index contributed by atoms with van der Waals surface area (Å²) in [7, 11) is 0. The van der Waals surface area contributed by atoms with Crippen molar-refractivity contribution in [1.29, 1.82) is 0 Å². The molecule has 7 heteroatoms. The standard InChI is InChI=1S/C21H21ClFN3O2/c22-19-5-2-6-20(23)18(19)13-28-17-4-1-3-14(9-17)21-24-7-8-26(21)16-10-15(12-27)25-11-16/h1-9,15-16,25,27H,10-13H2/t15-,16+/m0/s1. The lowest BCUT2D eigenvalue weighted by atomic mass is 10.1. The van der Waals surface area contributed by atoms with Gasteiger partial charge >= 0.3 is 0 Å². The lowest BCUT2D eigenvalue weighted by Crippen LogP contribution is -2.24. The van der Waals surface area contributed by atoms with Gasteiger partial charge in [0, 0.05) is 42.1 Å².